The van der Waals surface area contributed by atoms with E-state index >= 15 is 0 Å². The molecule has 4 heteroatoms. The Morgan fingerprint density at radius 1 is 0.773 bits per heavy atom. The molecule has 0 radical (unpaired) electrons. The molecule has 2 aromatic heterocycles. The van der Waals surface area contributed by atoms with Gasteiger partial charge in [-0.3, -0.25) is 0 Å². The van der Waals surface area contributed by atoms with Gasteiger partial charge in [0.2, 0.25) is 0 Å². The van der Waals surface area contributed by atoms with Gasteiger partial charge in [-0.2, -0.15) is 0 Å². The second kappa shape index (κ2) is 5.48. The Bertz CT molecular complexity index is 932. The summed E-state index contributed by atoms with van der Waals surface area (Å²) < 4.78 is 11.2. The third-order valence-electron chi connectivity index (χ3n) is 3.46. The molecule has 0 saturated heterocycles. The molecular formula is C18H18N2O2. The number of anilines is 2. The van der Waals surface area contributed by atoms with Crippen LogP contribution in [-0.4, -0.2) is 0 Å². The Morgan fingerprint density at radius 2 is 1.36 bits per heavy atom. The lowest BCUT2D eigenvalue weighted by molar-refractivity contribution is 0.524. The Balaban J connectivity index is 2.25. The summed E-state index contributed by atoms with van der Waals surface area (Å²) in [6.45, 7) is 3.81. The molecule has 0 bridgehead atoms. The maximum absolute atomic E-state index is 6.15. The summed E-state index contributed by atoms with van der Waals surface area (Å²) in [6, 6.07) is 11.4. The normalized spacial score (nSPS) is 13.0. The number of nitrogen functional groups attached to an aromatic ring is 2. The molecule has 0 unspecified atom stereocenters. The van der Waals surface area contributed by atoms with Crippen molar-refractivity contribution >= 4 is 23.5 Å². The van der Waals surface area contributed by atoms with Gasteiger partial charge in [0.1, 0.15) is 23.0 Å². The summed E-state index contributed by atoms with van der Waals surface area (Å²) in [5, 5.41) is 1.75. The fraction of sp³-hybridized carbons (Fsp3) is 0.111. The van der Waals surface area contributed by atoms with Crippen LogP contribution in [0.3, 0.4) is 0 Å². The molecule has 0 spiro atoms. The standard InChI is InChI=1S/C18H18N2O2/c1-11-3-6-14(21-11)9-13-5-8-17(19)18(20)16(13)10-15-7-4-12(2)22-15/h3-10H,19-20H2,1-2H3. The fourth-order valence-electron chi connectivity index (χ4n) is 2.31. The minimum absolute atomic E-state index is 0.533. The maximum atomic E-state index is 6.15. The minimum atomic E-state index is 0.533. The van der Waals surface area contributed by atoms with Crippen LogP contribution in [0.15, 0.2) is 45.2 Å². The number of hydrogen-bond acceptors (Lipinski definition) is 4. The van der Waals surface area contributed by atoms with Crippen molar-refractivity contribution in [1.29, 1.82) is 0 Å². The molecule has 4 nitrogen and oxygen atoms in total. The molecule has 2 heterocycles. The topological polar surface area (TPSA) is 78.3 Å². The Hall–Kier alpha value is -2.88. The molecule has 0 saturated carbocycles. The van der Waals surface area contributed by atoms with Crippen LogP contribution in [0.1, 0.15) is 23.0 Å². The number of rotatable bonds is 2. The summed E-state index contributed by atoms with van der Waals surface area (Å²) in [7, 11) is 0. The van der Waals surface area contributed by atoms with E-state index in [-0.39, 0.29) is 0 Å². The van der Waals surface area contributed by atoms with Gasteiger partial charge in [-0.05, 0) is 61.5 Å². The smallest absolute Gasteiger partial charge is 0.127 e. The first-order valence-electron chi connectivity index (χ1n) is 7.03. The lowest BCUT2D eigenvalue weighted by atomic mass is 10.1. The van der Waals surface area contributed by atoms with E-state index in [1.807, 2.05) is 56.3 Å². The Labute approximate surface area is 128 Å². The zero-order chi connectivity index (χ0) is 15.7. The van der Waals surface area contributed by atoms with Crippen LogP contribution < -0.4 is 21.9 Å². The van der Waals surface area contributed by atoms with Crippen LogP contribution in [0.25, 0.3) is 12.2 Å². The Morgan fingerprint density at radius 3 is 1.91 bits per heavy atom. The molecule has 4 N–H and O–H groups in total. The third kappa shape index (κ3) is 2.76. The molecular weight excluding hydrogens is 276 g/mol. The monoisotopic (exact) mass is 294 g/mol. The average molecular weight is 294 g/mol. The highest BCUT2D eigenvalue weighted by molar-refractivity contribution is 5.68. The number of nitrogens with two attached hydrogens (primary N) is 2. The Kier molecular flexibility index (Phi) is 3.51. The van der Waals surface area contributed by atoms with Gasteiger partial charge in [-0.1, -0.05) is 6.07 Å². The van der Waals surface area contributed by atoms with Crippen molar-refractivity contribution in [3.05, 3.63) is 69.9 Å². The van der Waals surface area contributed by atoms with Crippen molar-refractivity contribution in [1.82, 2.24) is 0 Å². The lowest BCUT2D eigenvalue weighted by Gasteiger charge is -2.01. The van der Waals surface area contributed by atoms with E-state index in [1.54, 1.807) is 6.07 Å². The number of hydrogen-bond donors (Lipinski definition) is 2. The maximum Gasteiger partial charge on any atom is 0.127 e. The van der Waals surface area contributed by atoms with Gasteiger partial charge in [0.25, 0.3) is 0 Å². The lowest BCUT2D eigenvalue weighted by Crippen LogP contribution is -2.29. The number of furan rings is 2. The summed E-state index contributed by atoms with van der Waals surface area (Å²) >= 11 is 0. The van der Waals surface area contributed by atoms with Crippen LogP contribution in [0.5, 0.6) is 0 Å². The largest absolute Gasteiger partial charge is 0.462 e. The first-order valence-corrected chi connectivity index (χ1v) is 7.03. The van der Waals surface area contributed by atoms with E-state index in [9.17, 15) is 0 Å². The fourth-order valence-corrected chi connectivity index (χ4v) is 2.31. The summed E-state index contributed by atoms with van der Waals surface area (Å²) in [6.07, 6.45) is 3.82. The highest BCUT2D eigenvalue weighted by atomic mass is 16.3. The second-order valence-corrected chi connectivity index (χ2v) is 5.26. The van der Waals surface area contributed by atoms with Crippen LogP contribution in [-0.2, 0) is 0 Å². The van der Waals surface area contributed by atoms with Gasteiger partial charge in [0.15, 0.2) is 0 Å². The first kappa shape index (κ1) is 14.1. The van der Waals surface area contributed by atoms with Crippen molar-refractivity contribution in [2.45, 2.75) is 13.8 Å². The molecule has 112 valence electrons. The minimum Gasteiger partial charge on any atom is -0.462 e. The van der Waals surface area contributed by atoms with Crippen molar-refractivity contribution < 1.29 is 8.83 Å². The molecule has 0 atom stereocenters. The molecule has 0 aliphatic rings. The van der Waals surface area contributed by atoms with Crippen molar-refractivity contribution in [2.75, 3.05) is 11.5 Å². The molecule has 0 aliphatic heterocycles. The second-order valence-electron chi connectivity index (χ2n) is 5.26. The zero-order valence-electron chi connectivity index (χ0n) is 12.6. The van der Waals surface area contributed by atoms with Gasteiger partial charge >= 0.3 is 0 Å². The molecule has 22 heavy (non-hydrogen) atoms. The predicted octanol–water partition coefficient (Wildman–Crippen LogP) is 2.31. The molecule has 0 aliphatic carbocycles. The van der Waals surface area contributed by atoms with Crippen LogP contribution >= 0.6 is 0 Å². The van der Waals surface area contributed by atoms with E-state index in [4.69, 9.17) is 20.3 Å². The quantitative estimate of drug-likeness (QED) is 0.711. The van der Waals surface area contributed by atoms with Crippen LogP contribution in [0.2, 0.25) is 0 Å². The van der Waals surface area contributed by atoms with Crippen molar-refractivity contribution in [2.24, 2.45) is 0 Å². The molecule has 3 rings (SSSR count). The van der Waals surface area contributed by atoms with Crippen molar-refractivity contribution in [3.8, 4) is 0 Å². The molecule has 1 aromatic carbocycles. The molecule has 0 amide bonds. The molecule has 0 fully saturated rings. The highest BCUT2D eigenvalue weighted by Gasteiger charge is 2.02. The number of aryl methyl sites for hydroxylation is 2. The van der Waals surface area contributed by atoms with Crippen molar-refractivity contribution in [3.63, 3.8) is 0 Å². The summed E-state index contributed by atoms with van der Waals surface area (Å²) in [4.78, 5) is 0. The first-order chi connectivity index (χ1) is 10.5. The molecule has 3 aromatic rings. The van der Waals surface area contributed by atoms with Gasteiger partial charge in [-0.15, -0.1) is 0 Å². The summed E-state index contributed by atoms with van der Waals surface area (Å²) in [5.41, 5.74) is 13.2. The predicted molar refractivity (Wildman–Crippen MR) is 88.5 cm³/mol. The SMILES string of the molecule is Cc1ccc(C=c2ccc(N)c(N)c2=Cc2ccc(C)o2)o1. The number of benzene rings is 1. The average Bonchev–Trinajstić information content (AvgIpc) is 3.07. The van der Waals surface area contributed by atoms with E-state index in [0.717, 1.165) is 33.5 Å². The van der Waals surface area contributed by atoms with Gasteiger partial charge in [-0.25, -0.2) is 0 Å². The van der Waals surface area contributed by atoms with Crippen LogP contribution in [0.4, 0.5) is 11.4 Å². The highest BCUT2D eigenvalue weighted by Crippen LogP contribution is 2.10. The van der Waals surface area contributed by atoms with Gasteiger partial charge < -0.3 is 20.3 Å². The van der Waals surface area contributed by atoms with Gasteiger partial charge in [0, 0.05) is 5.22 Å². The van der Waals surface area contributed by atoms with Crippen LogP contribution in [0, 0.1) is 13.8 Å². The summed E-state index contributed by atoms with van der Waals surface area (Å²) in [5.74, 6) is 3.22. The zero-order valence-corrected chi connectivity index (χ0v) is 12.6. The van der Waals surface area contributed by atoms with Gasteiger partial charge in [0.05, 0.1) is 11.4 Å². The van der Waals surface area contributed by atoms with E-state index in [0.29, 0.717) is 11.4 Å². The van der Waals surface area contributed by atoms with E-state index in [2.05, 4.69) is 0 Å². The third-order valence-corrected chi connectivity index (χ3v) is 3.46. The van der Waals surface area contributed by atoms with E-state index in [1.165, 1.54) is 0 Å². The van der Waals surface area contributed by atoms with E-state index < -0.39 is 0 Å².